The van der Waals surface area contributed by atoms with E-state index in [4.69, 9.17) is 9.47 Å². The number of carbonyl (C=O) groups excluding carboxylic acids is 2. The number of rotatable bonds is 9. The molecule has 1 amide bonds. The van der Waals surface area contributed by atoms with Gasteiger partial charge in [-0.1, -0.05) is 30.0 Å². The first kappa shape index (κ1) is 22.1. The van der Waals surface area contributed by atoms with Crippen LogP contribution in [0, 0.1) is 0 Å². The number of esters is 1. The van der Waals surface area contributed by atoms with Gasteiger partial charge in [-0.05, 0) is 36.4 Å². The number of hydrogen-bond donors (Lipinski definition) is 1. The van der Waals surface area contributed by atoms with E-state index in [0.717, 1.165) is 11.3 Å². The first-order valence-electron chi connectivity index (χ1n) is 9.36. The van der Waals surface area contributed by atoms with Crippen molar-refractivity contribution in [3.63, 3.8) is 0 Å². The average molecular weight is 439 g/mol. The molecular formula is C22H22N4O4S. The fourth-order valence-electron chi connectivity index (χ4n) is 2.84. The topological polar surface area (TPSA) is 95.3 Å². The second kappa shape index (κ2) is 10.4. The summed E-state index contributed by atoms with van der Waals surface area (Å²) in [4.78, 5) is 24.4. The lowest BCUT2D eigenvalue weighted by molar-refractivity contribution is -0.113. The molecule has 0 bridgehead atoms. The fourth-order valence-corrected chi connectivity index (χ4v) is 3.59. The van der Waals surface area contributed by atoms with Crippen molar-refractivity contribution in [1.82, 2.24) is 14.8 Å². The zero-order valence-electron chi connectivity index (χ0n) is 17.2. The van der Waals surface area contributed by atoms with E-state index in [0.29, 0.717) is 28.8 Å². The number of aromatic nitrogens is 3. The Kier molecular flexibility index (Phi) is 7.45. The quantitative estimate of drug-likeness (QED) is 0.309. The Hall–Kier alpha value is -3.59. The molecule has 0 aliphatic heterocycles. The van der Waals surface area contributed by atoms with Crippen LogP contribution in [0.25, 0.3) is 11.4 Å². The number of hydrogen-bond acceptors (Lipinski definition) is 7. The maximum Gasteiger partial charge on any atom is 0.339 e. The van der Waals surface area contributed by atoms with Gasteiger partial charge in [0.05, 0.1) is 31.2 Å². The van der Waals surface area contributed by atoms with Crippen molar-refractivity contribution in [2.24, 2.45) is 0 Å². The third-order valence-corrected chi connectivity index (χ3v) is 5.28. The molecule has 0 spiro atoms. The maximum absolute atomic E-state index is 12.5. The summed E-state index contributed by atoms with van der Waals surface area (Å²) in [5.41, 5.74) is 1.56. The first-order chi connectivity index (χ1) is 15.1. The molecule has 3 aromatic rings. The SMILES string of the molecule is C=CCn1c(SCC(=O)Nc2ccccc2C(=O)OC)nnc1-c1ccc(OC)cc1. The van der Waals surface area contributed by atoms with Crippen molar-refractivity contribution in [1.29, 1.82) is 0 Å². The number of ether oxygens (including phenoxy) is 2. The number of para-hydroxylation sites is 1. The molecule has 0 aliphatic rings. The number of amides is 1. The van der Waals surface area contributed by atoms with E-state index in [1.807, 2.05) is 28.8 Å². The van der Waals surface area contributed by atoms with Gasteiger partial charge in [-0.25, -0.2) is 4.79 Å². The molecule has 0 unspecified atom stereocenters. The summed E-state index contributed by atoms with van der Waals surface area (Å²) in [7, 11) is 2.90. The predicted octanol–water partition coefficient (Wildman–Crippen LogP) is 3.66. The van der Waals surface area contributed by atoms with Crippen LogP contribution in [-0.2, 0) is 16.1 Å². The third-order valence-electron chi connectivity index (χ3n) is 4.32. The number of carbonyl (C=O) groups is 2. The first-order valence-corrected chi connectivity index (χ1v) is 10.3. The highest BCUT2D eigenvalue weighted by atomic mass is 32.2. The number of nitrogens with one attached hydrogen (secondary N) is 1. The Morgan fingerprint density at radius 2 is 1.87 bits per heavy atom. The third kappa shape index (κ3) is 5.32. The largest absolute Gasteiger partial charge is 0.497 e. The summed E-state index contributed by atoms with van der Waals surface area (Å²) in [6.07, 6.45) is 1.74. The molecule has 0 atom stereocenters. The molecule has 0 saturated heterocycles. The van der Waals surface area contributed by atoms with Crippen molar-refractivity contribution in [2.75, 3.05) is 25.3 Å². The van der Waals surface area contributed by atoms with E-state index in [1.165, 1.54) is 18.9 Å². The zero-order valence-corrected chi connectivity index (χ0v) is 18.0. The van der Waals surface area contributed by atoms with Crippen molar-refractivity contribution in [2.45, 2.75) is 11.7 Å². The summed E-state index contributed by atoms with van der Waals surface area (Å²) in [5, 5.41) is 11.8. The van der Waals surface area contributed by atoms with Gasteiger partial charge in [0.25, 0.3) is 0 Å². The van der Waals surface area contributed by atoms with Gasteiger partial charge in [0, 0.05) is 12.1 Å². The van der Waals surface area contributed by atoms with Crippen LogP contribution in [0.1, 0.15) is 10.4 Å². The fraction of sp³-hybridized carbons (Fsp3) is 0.182. The van der Waals surface area contributed by atoms with E-state index in [1.54, 1.807) is 37.5 Å². The molecule has 0 fully saturated rings. The minimum absolute atomic E-state index is 0.0907. The van der Waals surface area contributed by atoms with E-state index >= 15 is 0 Å². The number of anilines is 1. The average Bonchev–Trinajstić information content (AvgIpc) is 3.20. The van der Waals surface area contributed by atoms with Crippen LogP contribution in [0.4, 0.5) is 5.69 Å². The summed E-state index contributed by atoms with van der Waals surface area (Å²) in [5.74, 6) is 0.713. The van der Waals surface area contributed by atoms with Gasteiger partial charge in [0.15, 0.2) is 11.0 Å². The summed E-state index contributed by atoms with van der Waals surface area (Å²) >= 11 is 1.25. The number of methoxy groups -OCH3 is 2. The molecule has 31 heavy (non-hydrogen) atoms. The van der Waals surface area contributed by atoms with Crippen molar-refractivity contribution in [3.8, 4) is 17.1 Å². The lowest BCUT2D eigenvalue weighted by atomic mass is 10.2. The summed E-state index contributed by atoms with van der Waals surface area (Å²) in [6.45, 7) is 4.29. The van der Waals surface area contributed by atoms with Gasteiger partial charge in [-0.2, -0.15) is 0 Å². The molecule has 160 valence electrons. The Bertz CT molecular complexity index is 1080. The highest BCUT2D eigenvalue weighted by Gasteiger charge is 2.17. The van der Waals surface area contributed by atoms with Crippen molar-refractivity contribution >= 4 is 29.3 Å². The van der Waals surface area contributed by atoms with E-state index in [2.05, 4.69) is 22.1 Å². The number of nitrogens with zero attached hydrogens (tertiary/aromatic N) is 3. The molecule has 1 N–H and O–H groups in total. The molecule has 8 nitrogen and oxygen atoms in total. The lowest BCUT2D eigenvalue weighted by Crippen LogP contribution is -2.17. The molecular weight excluding hydrogens is 416 g/mol. The Balaban J connectivity index is 1.73. The van der Waals surface area contributed by atoms with E-state index < -0.39 is 5.97 Å². The Labute approximate surface area is 184 Å². The minimum Gasteiger partial charge on any atom is -0.497 e. The van der Waals surface area contributed by atoms with Gasteiger partial charge in [0.2, 0.25) is 5.91 Å². The predicted molar refractivity (Wildman–Crippen MR) is 119 cm³/mol. The van der Waals surface area contributed by atoms with E-state index in [9.17, 15) is 9.59 Å². The van der Waals surface area contributed by atoms with Crippen LogP contribution in [0.15, 0.2) is 66.3 Å². The van der Waals surface area contributed by atoms with Gasteiger partial charge in [0.1, 0.15) is 5.75 Å². The summed E-state index contributed by atoms with van der Waals surface area (Å²) < 4.78 is 11.8. The smallest absolute Gasteiger partial charge is 0.339 e. The molecule has 2 aromatic carbocycles. The van der Waals surface area contributed by atoms with Crippen LogP contribution in [0.2, 0.25) is 0 Å². The molecule has 3 rings (SSSR count). The van der Waals surface area contributed by atoms with Gasteiger partial charge >= 0.3 is 5.97 Å². The van der Waals surface area contributed by atoms with Gasteiger partial charge in [-0.3, -0.25) is 9.36 Å². The second-order valence-corrected chi connectivity index (χ2v) is 7.25. The monoisotopic (exact) mass is 438 g/mol. The normalized spacial score (nSPS) is 10.4. The number of thioether (sulfide) groups is 1. The molecule has 0 radical (unpaired) electrons. The van der Waals surface area contributed by atoms with Crippen LogP contribution >= 0.6 is 11.8 Å². The molecule has 1 heterocycles. The van der Waals surface area contributed by atoms with Crippen LogP contribution < -0.4 is 10.1 Å². The van der Waals surface area contributed by atoms with Gasteiger partial charge in [-0.15, -0.1) is 16.8 Å². The highest BCUT2D eigenvalue weighted by molar-refractivity contribution is 7.99. The number of allylic oxidation sites excluding steroid dienone is 1. The molecule has 1 aromatic heterocycles. The van der Waals surface area contributed by atoms with Crippen LogP contribution in [0.3, 0.4) is 0 Å². The van der Waals surface area contributed by atoms with Gasteiger partial charge < -0.3 is 14.8 Å². The highest BCUT2D eigenvalue weighted by Crippen LogP contribution is 2.26. The lowest BCUT2D eigenvalue weighted by Gasteiger charge is -2.10. The minimum atomic E-state index is -0.515. The Morgan fingerprint density at radius 3 is 2.55 bits per heavy atom. The molecule has 0 aliphatic carbocycles. The zero-order chi connectivity index (χ0) is 22.2. The molecule has 9 heteroatoms. The van der Waals surface area contributed by atoms with Crippen LogP contribution in [0.5, 0.6) is 5.75 Å². The summed E-state index contributed by atoms with van der Waals surface area (Å²) in [6, 6.07) is 14.2. The number of benzene rings is 2. The standard InChI is InChI=1S/C22H22N4O4S/c1-4-13-26-20(15-9-11-16(29-2)12-10-15)24-25-22(26)31-14-19(27)23-18-8-6-5-7-17(18)21(28)30-3/h4-12H,1,13-14H2,2-3H3,(H,23,27). The van der Waals surface area contributed by atoms with Crippen molar-refractivity contribution < 1.29 is 19.1 Å². The van der Waals surface area contributed by atoms with E-state index in [-0.39, 0.29) is 11.7 Å². The molecule has 0 saturated carbocycles. The van der Waals surface area contributed by atoms with Crippen LogP contribution in [-0.4, -0.2) is 46.6 Å². The maximum atomic E-state index is 12.5. The Morgan fingerprint density at radius 1 is 1.13 bits per heavy atom. The van der Waals surface area contributed by atoms with Crippen molar-refractivity contribution in [3.05, 3.63) is 66.7 Å². The second-order valence-electron chi connectivity index (χ2n) is 6.31.